The van der Waals surface area contributed by atoms with Crippen LogP contribution >= 0.6 is 0 Å². The van der Waals surface area contributed by atoms with Crippen LogP contribution in [0.4, 0.5) is 19.0 Å². The third-order valence-corrected chi connectivity index (χ3v) is 4.49. The number of rotatable bonds is 2. The summed E-state index contributed by atoms with van der Waals surface area (Å²) in [5, 5.41) is 4.94. The Labute approximate surface area is 126 Å². The molecule has 5 nitrogen and oxygen atoms in total. The van der Waals surface area contributed by atoms with Crippen LogP contribution < -0.4 is 4.90 Å². The molecule has 8 heteroatoms. The van der Waals surface area contributed by atoms with Gasteiger partial charge in [-0.15, -0.1) is 0 Å². The maximum Gasteiger partial charge on any atom is 0.389 e. The van der Waals surface area contributed by atoms with Crippen molar-refractivity contribution in [2.24, 2.45) is 13.0 Å². The first kappa shape index (κ1) is 15.1. The van der Waals surface area contributed by atoms with Gasteiger partial charge in [-0.2, -0.15) is 18.3 Å². The van der Waals surface area contributed by atoms with Gasteiger partial charge in [0.25, 0.3) is 0 Å². The second kappa shape index (κ2) is 5.10. The molecule has 1 saturated heterocycles. The molecule has 2 aromatic rings. The number of hydrogen-bond donors (Lipinski definition) is 0. The highest BCUT2D eigenvalue weighted by molar-refractivity contribution is 5.87. The molecule has 0 aromatic carbocycles. The van der Waals surface area contributed by atoms with E-state index in [9.17, 15) is 13.2 Å². The van der Waals surface area contributed by atoms with E-state index in [1.165, 1.54) is 6.33 Å². The molecule has 1 fully saturated rings. The zero-order chi connectivity index (χ0) is 16.1. The minimum atomic E-state index is -4.13. The number of halogens is 3. The van der Waals surface area contributed by atoms with Gasteiger partial charge in [-0.3, -0.25) is 4.68 Å². The second-order valence-electron chi connectivity index (χ2n) is 6.01. The molecule has 0 radical (unpaired) electrons. The maximum atomic E-state index is 12.7. The van der Waals surface area contributed by atoms with E-state index < -0.39 is 18.5 Å². The maximum absolute atomic E-state index is 12.7. The van der Waals surface area contributed by atoms with Crippen molar-refractivity contribution in [1.29, 1.82) is 0 Å². The predicted octanol–water partition coefficient (Wildman–Crippen LogP) is 2.92. The van der Waals surface area contributed by atoms with Crippen molar-refractivity contribution in [1.82, 2.24) is 19.7 Å². The second-order valence-corrected chi connectivity index (χ2v) is 6.01. The molecule has 2 aromatic heterocycles. The molecule has 1 aliphatic heterocycles. The summed E-state index contributed by atoms with van der Waals surface area (Å²) < 4.78 is 39.8. The SMILES string of the molecule is C[C@@H]1CC(CC(F)(F)F)[C@H](C)N1c1ncnc2c1cnn2C. The van der Waals surface area contributed by atoms with Crippen molar-refractivity contribution in [2.75, 3.05) is 4.90 Å². The van der Waals surface area contributed by atoms with Crippen LogP contribution in [0.15, 0.2) is 12.5 Å². The summed E-state index contributed by atoms with van der Waals surface area (Å²) in [5.74, 6) is 0.250. The molecule has 0 bridgehead atoms. The number of fused-ring (bicyclic) bond motifs is 1. The lowest BCUT2D eigenvalue weighted by Gasteiger charge is -2.29. The van der Waals surface area contributed by atoms with E-state index in [1.54, 1.807) is 17.9 Å². The Morgan fingerprint density at radius 1 is 1.27 bits per heavy atom. The molecular formula is C14H18F3N5. The van der Waals surface area contributed by atoms with Crippen molar-refractivity contribution in [3.05, 3.63) is 12.5 Å². The molecular weight excluding hydrogens is 295 g/mol. The van der Waals surface area contributed by atoms with Gasteiger partial charge in [0.2, 0.25) is 0 Å². The van der Waals surface area contributed by atoms with Crippen LogP contribution in [0, 0.1) is 5.92 Å². The Hall–Kier alpha value is -1.86. The van der Waals surface area contributed by atoms with Crippen molar-refractivity contribution in [3.8, 4) is 0 Å². The van der Waals surface area contributed by atoms with Gasteiger partial charge in [0.05, 0.1) is 11.6 Å². The summed E-state index contributed by atoms with van der Waals surface area (Å²) in [5.41, 5.74) is 0.684. The average molecular weight is 313 g/mol. The summed E-state index contributed by atoms with van der Waals surface area (Å²) in [7, 11) is 1.78. The summed E-state index contributed by atoms with van der Waals surface area (Å²) in [6, 6.07) is -0.226. The van der Waals surface area contributed by atoms with Crippen LogP contribution in [0.5, 0.6) is 0 Å². The first-order valence-electron chi connectivity index (χ1n) is 7.25. The molecule has 3 rings (SSSR count). The van der Waals surface area contributed by atoms with Crippen molar-refractivity contribution in [3.63, 3.8) is 0 Å². The zero-order valence-electron chi connectivity index (χ0n) is 12.7. The average Bonchev–Trinajstić information content (AvgIpc) is 2.91. The van der Waals surface area contributed by atoms with Crippen LogP contribution in [0.3, 0.4) is 0 Å². The monoisotopic (exact) mass is 313 g/mol. The molecule has 0 amide bonds. The molecule has 0 N–H and O–H groups in total. The molecule has 0 spiro atoms. The number of hydrogen-bond acceptors (Lipinski definition) is 4. The Morgan fingerprint density at radius 3 is 2.68 bits per heavy atom. The van der Waals surface area contributed by atoms with Gasteiger partial charge in [-0.05, 0) is 26.2 Å². The van der Waals surface area contributed by atoms with Crippen LogP contribution in [0.2, 0.25) is 0 Å². The van der Waals surface area contributed by atoms with E-state index in [1.807, 2.05) is 18.7 Å². The molecule has 0 aliphatic carbocycles. The van der Waals surface area contributed by atoms with Gasteiger partial charge in [0, 0.05) is 25.6 Å². The predicted molar refractivity (Wildman–Crippen MR) is 76.5 cm³/mol. The summed E-state index contributed by atoms with van der Waals surface area (Å²) in [4.78, 5) is 10.5. The number of alkyl halides is 3. The minimum Gasteiger partial charge on any atom is -0.350 e. The molecule has 120 valence electrons. The Morgan fingerprint density at radius 2 is 2.00 bits per heavy atom. The Balaban J connectivity index is 1.96. The van der Waals surface area contributed by atoms with Crippen molar-refractivity contribution >= 4 is 16.9 Å². The van der Waals surface area contributed by atoms with E-state index in [-0.39, 0.29) is 12.1 Å². The van der Waals surface area contributed by atoms with Gasteiger partial charge >= 0.3 is 6.18 Å². The Kier molecular flexibility index (Phi) is 3.49. The van der Waals surface area contributed by atoms with Crippen molar-refractivity contribution < 1.29 is 13.2 Å². The van der Waals surface area contributed by atoms with Crippen LogP contribution in [0.1, 0.15) is 26.7 Å². The van der Waals surface area contributed by atoms with Gasteiger partial charge in [0.1, 0.15) is 12.1 Å². The van der Waals surface area contributed by atoms with E-state index in [0.29, 0.717) is 17.9 Å². The number of aromatic nitrogens is 4. The Bertz CT molecular complexity index is 681. The van der Waals surface area contributed by atoms with Crippen molar-refractivity contribution in [2.45, 2.75) is 44.9 Å². The summed E-state index contributed by atoms with van der Waals surface area (Å²) >= 11 is 0. The molecule has 3 heterocycles. The number of nitrogens with zero attached hydrogens (tertiary/aromatic N) is 5. The van der Waals surface area contributed by atoms with Gasteiger partial charge in [-0.25, -0.2) is 9.97 Å². The summed E-state index contributed by atoms with van der Waals surface area (Å²) in [6.07, 6.45) is -1.27. The minimum absolute atomic E-state index is 0.000608. The van der Waals surface area contributed by atoms with Crippen LogP contribution in [0.25, 0.3) is 11.0 Å². The fourth-order valence-electron chi connectivity index (χ4n) is 3.49. The largest absolute Gasteiger partial charge is 0.389 e. The lowest BCUT2D eigenvalue weighted by Crippen LogP contribution is -2.36. The highest BCUT2D eigenvalue weighted by Gasteiger charge is 2.43. The quantitative estimate of drug-likeness (QED) is 0.855. The van der Waals surface area contributed by atoms with E-state index in [2.05, 4.69) is 15.1 Å². The smallest absolute Gasteiger partial charge is 0.350 e. The lowest BCUT2D eigenvalue weighted by molar-refractivity contribution is -0.144. The third kappa shape index (κ3) is 2.50. The molecule has 0 saturated carbocycles. The molecule has 3 atom stereocenters. The highest BCUT2D eigenvalue weighted by atomic mass is 19.4. The van der Waals surface area contributed by atoms with Gasteiger partial charge < -0.3 is 4.90 Å². The number of anilines is 1. The first-order valence-corrected chi connectivity index (χ1v) is 7.25. The topological polar surface area (TPSA) is 46.8 Å². The standard InChI is InChI=1S/C14H18F3N5/c1-8-4-10(5-14(15,16)17)9(2)22(8)13-11-6-20-21(3)12(11)18-7-19-13/h6-10H,4-5H2,1-3H3/t8-,9+,10?/m1/s1. The normalized spacial score (nSPS) is 26.1. The fourth-order valence-corrected chi connectivity index (χ4v) is 3.49. The third-order valence-electron chi connectivity index (χ3n) is 4.49. The van der Waals surface area contributed by atoms with Gasteiger partial charge in [-0.1, -0.05) is 0 Å². The fraction of sp³-hybridized carbons (Fsp3) is 0.643. The lowest BCUT2D eigenvalue weighted by atomic mass is 9.96. The van der Waals surface area contributed by atoms with Crippen LogP contribution in [-0.2, 0) is 7.05 Å². The molecule has 1 unspecified atom stereocenters. The molecule has 22 heavy (non-hydrogen) atoms. The van der Waals surface area contributed by atoms with E-state index >= 15 is 0 Å². The van der Waals surface area contributed by atoms with Crippen LogP contribution in [-0.4, -0.2) is 38.0 Å². The number of aryl methyl sites for hydroxylation is 1. The highest BCUT2D eigenvalue weighted by Crippen LogP contribution is 2.40. The van der Waals surface area contributed by atoms with E-state index in [4.69, 9.17) is 0 Å². The first-order chi connectivity index (χ1) is 10.3. The zero-order valence-corrected chi connectivity index (χ0v) is 12.7. The van der Waals surface area contributed by atoms with Gasteiger partial charge in [0.15, 0.2) is 5.65 Å². The molecule has 1 aliphatic rings. The van der Waals surface area contributed by atoms with E-state index in [0.717, 1.165) is 5.39 Å². The summed E-state index contributed by atoms with van der Waals surface area (Å²) in [6.45, 7) is 3.78.